The molecule has 2 rings (SSSR count). The Balaban J connectivity index is 2.34. The van der Waals surface area contributed by atoms with Crippen LogP contribution in [0.2, 0.25) is 0 Å². The van der Waals surface area contributed by atoms with E-state index >= 15 is 0 Å². The lowest BCUT2D eigenvalue weighted by molar-refractivity contribution is 0.226. The van der Waals surface area contributed by atoms with Gasteiger partial charge in [-0.05, 0) is 25.1 Å². The van der Waals surface area contributed by atoms with E-state index in [1.807, 2.05) is 12.1 Å². The maximum absolute atomic E-state index is 5.73. The molecule has 13 heavy (non-hydrogen) atoms. The molecule has 1 aromatic rings. The van der Waals surface area contributed by atoms with E-state index in [2.05, 4.69) is 34.2 Å². The van der Waals surface area contributed by atoms with Crippen molar-refractivity contribution >= 4 is 15.9 Å². The van der Waals surface area contributed by atoms with E-state index in [0.717, 1.165) is 23.3 Å². The lowest BCUT2D eigenvalue weighted by Crippen LogP contribution is -2.24. The van der Waals surface area contributed by atoms with Crippen LogP contribution in [0.15, 0.2) is 22.7 Å². The maximum Gasteiger partial charge on any atom is 0.124 e. The van der Waals surface area contributed by atoms with Crippen molar-refractivity contribution in [3.8, 4) is 5.75 Å². The number of rotatable bonds is 0. The SMILES string of the molecule is CC1CNCc2cc(Br)ccc2O1. The monoisotopic (exact) mass is 241 g/mol. The number of nitrogens with one attached hydrogen (secondary N) is 1. The molecule has 1 unspecified atom stereocenters. The first-order valence-electron chi connectivity index (χ1n) is 4.41. The Morgan fingerprint density at radius 3 is 3.23 bits per heavy atom. The summed E-state index contributed by atoms with van der Waals surface area (Å²) in [5, 5.41) is 3.33. The van der Waals surface area contributed by atoms with E-state index in [0.29, 0.717) is 0 Å². The van der Waals surface area contributed by atoms with Gasteiger partial charge in [-0.25, -0.2) is 0 Å². The molecule has 0 spiro atoms. The van der Waals surface area contributed by atoms with Gasteiger partial charge in [0.1, 0.15) is 11.9 Å². The molecule has 0 bridgehead atoms. The van der Waals surface area contributed by atoms with Crippen molar-refractivity contribution in [2.45, 2.75) is 19.6 Å². The third kappa shape index (κ3) is 2.03. The Kier molecular flexibility index (Phi) is 2.56. The highest BCUT2D eigenvalue weighted by molar-refractivity contribution is 9.10. The van der Waals surface area contributed by atoms with Gasteiger partial charge in [0, 0.05) is 23.1 Å². The predicted molar refractivity (Wildman–Crippen MR) is 55.9 cm³/mol. The molecule has 0 saturated heterocycles. The minimum absolute atomic E-state index is 0.252. The summed E-state index contributed by atoms with van der Waals surface area (Å²) in [6, 6.07) is 6.13. The Hall–Kier alpha value is -0.540. The van der Waals surface area contributed by atoms with Crippen molar-refractivity contribution in [1.29, 1.82) is 0 Å². The normalized spacial score (nSPS) is 21.5. The Labute approximate surface area is 86.4 Å². The second-order valence-electron chi connectivity index (χ2n) is 3.31. The number of hydrogen-bond donors (Lipinski definition) is 1. The third-order valence-electron chi connectivity index (χ3n) is 2.10. The molecule has 0 amide bonds. The summed E-state index contributed by atoms with van der Waals surface area (Å²) < 4.78 is 6.83. The predicted octanol–water partition coefficient (Wildman–Crippen LogP) is 2.32. The average molecular weight is 242 g/mol. The quantitative estimate of drug-likeness (QED) is 0.753. The van der Waals surface area contributed by atoms with E-state index in [4.69, 9.17) is 4.74 Å². The minimum atomic E-state index is 0.252. The smallest absolute Gasteiger partial charge is 0.124 e. The standard InChI is InChI=1S/C10H12BrNO/c1-7-5-12-6-8-4-9(11)2-3-10(8)13-7/h2-4,7,12H,5-6H2,1H3. The first kappa shape index (κ1) is 9.03. The van der Waals surface area contributed by atoms with Gasteiger partial charge in [0.2, 0.25) is 0 Å². The van der Waals surface area contributed by atoms with Crippen LogP contribution in [0.4, 0.5) is 0 Å². The first-order valence-corrected chi connectivity index (χ1v) is 5.21. The number of halogens is 1. The molecule has 0 saturated carbocycles. The highest BCUT2D eigenvalue weighted by Gasteiger charge is 2.12. The van der Waals surface area contributed by atoms with Crippen molar-refractivity contribution in [2.75, 3.05) is 6.54 Å². The zero-order chi connectivity index (χ0) is 9.26. The summed E-state index contributed by atoms with van der Waals surface area (Å²) >= 11 is 3.45. The lowest BCUT2D eigenvalue weighted by Gasteiger charge is -2.11. The Morgan fingerprint density at radius 1 is 1.54 bits per heavy atom. The van der Waals surface area contributed by atoms with Crippen molar-refractivity contribution in [2.24, 2.45) is 0 Å². The molecule has 1 aromatic carbocycles. The molecule has 1 aliphatic heterocycles. The molecular formula is C10H12BrNO. The van der Waals surface area contributed by atoms with Crippen LogP contribution in [0, 0.1) is 0 Å². The van der Waals surface area contributed by atoms with Crippen molar-refractivity contribution in [1.82, 2.24) is 5.32 Å². The minimum Gasteiger partial charge on any atom is -0.489 e. The lowest BCUT2D eigenvalue weighted by atomic mass is 10.2. The van der Waals surface area contributed by atoms with E-state index in [1.54, 1.807) is 0 Å². The number of hydrogen-bond acceptors (Lipinski definition) is 2. The van der Waals surface area contributed by atoms with Crippen LogP contribution in [-0.4, -0.2) is 12.6 Å². The maximum atomic E-state index is 5.73. The fraction of sp³-hybridized carbons (Fsp3) is 0.400. The van der Waals surface area contributed by atoms with Crippen LogP contribution in [0.3, 0.4) is 0 Å². The van der Waals surface area contributed by atoms with Crippen LogP contribution in [-0.2, 0) is 6.54 Å². The Morgan fingerprint density at radius 2 is 2.38 bits per heavy atom. The summed E-state index contributed by atoms with van der Waals surface area (Å²) in [5.41, 5.74) is 1.22. The fourth-order valence-electron chi connectivity index (χ4n) is 1.47. The van der Waals surface area contributed by atoms with Gasteiger partial charge in [-0.3, -0.25) is 0 Å². The van der Waals surface area contributed by atoms with Gasteiger partial charge in [-0.2, -0.15) is 0 Å². The summed E-state index contributed by atoms with van der Waals surface area (Å²) in [7, 11) is 0. The van der Waals surface area contributed by atoms with Crippen LogP contribution in [0.5, 0.6) is 5.75 Å². The number of ether oxygens (including phenoxy) is 1. The van der Waals surface area contributed by atoms with Gasteiger partial charge in [0.05, 0.1) is 0 Å². The van der Waals surface area contributed by atoms with Crippen LogP contribution < -0.4 is 10.1 Å². The molecule has 1 atom stereocenters. The molecular weight excluding hydrogens is 230 g/mol. The molecule has 0 fully saturated rings. The summed E-state index contributed by atoms with van der Waals surface area (Å²) in [4.78, 5) is 0. The molecule has 1 N–H and O–H groups in total. The zero-order valence-electron chi connectivity index (χ0n) is 7.51. The van der Waals surface area contributed by atoms with Crippen LogP contribution >= 0.6 is 15.9 Å². The topological polar surface area (TPSA) is 21.3 Å². The number of fused-ring (bicyclic) bond motifs is 1. The first-order chi connectivity index (χ1) is 6.25. The molecule has 3 heteroatoms. The molecule has 0 aromatic heterocycles. The van der Waals surface area contributed by atoms with E-state index < -0.39 is 0 Å². The van der Waals surface area contributed by atoms with Crippen molar-refractivity contribution < 1.29 is 4.74 Å². The molecule has 70 valence electrons. The van der Waals surface area contributed by atoms with E-state index in [-0.39, 0.29) is 6.10 Å². The highest BCUT2D eigenvalue weighted by Crippen LogP contribution is 2.25. The molecule has 2 nitrogen and oxygen atoms in total. The second kappa shape index (κ2) is 3.68. The van der Waals surface area contributed by atoms with Gasteiger partial charge >= 0.3 is 0 Å². The molecule has 1 heterocycles. The van der Waals surface area contributed by atoms with Crippen molar-refractivity contribution in [3.63, 3.8) is 0 Å². The summed E-state index contributed by atoms with van der Waals surface area (Å²) in [6.07, 6.45) is 0.252. The van der Waals surface area contributed by atoms with Crippen LogP contribution in [0.25, 0.3) is 0 Å². The highest BCUT2D eigenvalue weighted by atomic mass is 79.9. The van der Waals surface area contributed by atoms with Crippen molar-refractivity contribution in [3.05, 3.63) is 28.2 Å². The van der Waals surface area contributed by atoms with Gasteiger partial charge < -0.3 is 10.1 Å². The summed E-state index contributed by atoms with van der Waals surface area (Å²) in [6.45, 7) is 3.87. The largest absolute Gasteiger partial charge is 0.489 e. The van der Waals surface area contributed by atoms with Gasteiger partial charge in [0.15, 0.2) is 0 Å². The van der Waals surface area contributed by atoms with E-state index in [1.165, 1.54) is 5.56 Å². The zero-order valence-corrected chi connectivity index (χ0v) is 9.10. The fourth-order valence-corrected chi connectivity index (χ4v) is 1.88. The van der Waals surface area contributed by atoms with Gasteiger partial charge in [-0.15, -0.1) is 0 Å². The summed E-state index contributed by atoms with van der Waals surface area (Å²) in [5.74, 6) is 1.00. The van der Waals surface area contributed by atoms with Crippen LogP contribution in [0.1, 0.15) is 12.5 Å². The molecule has 0 aliphatic carbocycles. The van der Waals surface area contributed by atoms with Gasteiger partial charge in [-0.1, -0.05) is 15.9 Å². The Bertz CT molecular complexity index is 314. The number of benzene rings is 1. The second-order valence-corrected chi connectivity index (χ2v) is 4.23. The third-order valence-corrected chi connectivity index (χ3v) is 2.59. The molecule has 1 aliphatic rings. The van der Waals surface area contributed by atoms with E-state index in [9.17, 15) is 0 Å². The average Bonchev–Trinajstić information content (AvgIpc) is 2.25. The van der Waals surface area contributed by atoms with Gasteiger partial charge in [0.25, 0.3) is 0 Å². The molecule has 0 radical (unpaired) electrons.